The van der Waals surface area contributed by atoms with Gasteiger partial charge in [0.25, 0.3) is 0 Å². The Morgan fingerprint density at radius 1 is 0.833 bits per heavy atom. The molecule has 1 saturated heterocycles. The van der Waals surface area contributed by atoms with E-state index in [0.717, 1.165) is 41.5 Å². The Labute approximate surface area is 263 Å². The van der Waals surface area contributed by atoms with E-state index < -0.39 is 26.5 Å². The molecule has 0 spiro atoms. The molecule has 42 heavy (non-hydrogen) atoms. The lowest BCUT2D eigenvalue weighted by Gasteiger charge is -2.55. The molecule has 5 aliphatic rings. The van der Waals surface area contributed by atoms with Gasteiger partial charge in [0.2, 0.25) is 11.8 Å². The minimum Gasteiger partial charge on any atom is -0.458 e. The number of carbonyl (C=O) groups is 3. The van der Waals surface area contributed by atoms with E-state index in [-0.39, 0.29) is 17.9 Å². The number of halogens is 2. The molecule has 1 heterocycles. The molecule has 0 aromatic heterocycles. The minimum absolute atomic E-state index is 0.142. The molecule has 5 nitrogen and oxygen atoms in total. The van der Waals surface area contributed by atoms with Gasteiger partial charge in [-0.05, 0) is 71.0 Å². The number of esters is 1. The molecule has 0 unspecified atom stereocenters. The Morgan fingerprint density at radius 2 is 1.36 bits per heavy atom. The molecule has 0 N–H and O–H groups in total. The summed E-state index contributed by atoms with van der Waals surface area (Å²) in [6.07, 6.45) is 2.90. The van der Waals surface area contributed by atoms with Crippen molar-refractivity contribution < 1.29 is 19.1 Å². The maximum atomic E-state index is 14.4. The van der Waals surface area contributed by atoms with Crippen molar-refractivity contribution in [2.45, 2.75) is 54.8 Å². The number of anilines is 1. The highest BCUT2D eigenvalue weighted by Crippen LogP contribution is 2.70. The number of nitrogens with zero attached hydrogens (tertiary/aromatic N) is 1. The average molecular weight is 691 g/mol. The highest BCUT2D eigenvalue weighted by molar-refractivity contribution is 9.10. The molecule has 3 aromatic carbocycles. The summed E-state index contributed by atoms with van der Waals surface area (Å²) >= 11 is 8.10. The van der Waals surface area contributed by atoms with Crippen molar-refractivity contribution in [3.8, 4) is 0 Å². The molecule has 8 rings (SSSR count). The smallest absolute Gasteiger partial charge is 0.338 e. The van der Waals surface area contributed by atoms with Crippen LogP contribution in [0.15, 0.2) is 72.8 Å². The summed E-state index contributed by atoms with van der Waals surface area (Å²) in [5, 5.41) is 0. The molecular weight excluding hydrogens is 658 g/mol. The van der Waals surface area contributed by atoms with Gasteiger partial charge in [-0.2, -0.15) is 0 Å². The summed E-state index contributed by atoms with van der Waals surface area (Å²) in [4.78, 5) is 43.5. The van der Waals surface area contributed by atoms with Crippen LogP contribution in [0.4, 0.5) is 5.69 Å². The molecule has 2 fully saturated rings. The number of ether oxygens (including phenoxy) is 1. The third kappa shape index (κ3) is 3.75. The fraction of sp³-hybridized carbons (Fsp3) is 0.400. The van der Waals surface area contributed by atoms with Crippen LogP contribution in [0.1, 0.15) is 72.6 Å². The Morgan fingerprint density at radius 3 is 1.86 bits per heavy atom. The minimum atomic E-state index is -0.859. The van der Waals surface area contributed by atoms with Crippen LogP contribution in [0.25, 0.3) is 0 Å². The molecule has 3 aromatic rings. The normalized spacial score (nSPS) is 32.9. The van der Waals surface area contributed by atoms with Crippen molar-refractivity contribution in [1.29, 1.82) is 0 Å². The molecule has 4 aliphatic carbocycles. The van der Waals surface area contributed by atoms with E-state index in [1.54, 1.807) is 24.3 Å². The molecule has 1 saturated carbocycles. The Kier molecular flexibility index (Phi) is 6.59. The first-order valence-electron chi connectivity index (χ1n) is 14.8. The molecule has 2 bridgehead atoms. The number of imide groups is 1. The maximum absolute atomic E-state index is 14.4. The Bertz CT molecular complexity index is 1510. The zero-order chi connectivity index (χ0) is 29.6. The third-order valence-corrected chi connectivity index (χ3v) is 12.8. The summed E-state index contributed by atoms with van der Waals surface area (Å²) in [6, 6.07) is 22.9. The fourth-order valence-electron chi connectivity index (χ4n) is 8.15. The summed E-state index contributed by atoms with van der Waals surface area (Å²) in [5.74, 6) is -1.05. The molecule has 5 atom stereocenters. The van der Waals surface area contributed by atoms with Crippen LogP contribution in [0, 0.1) is 29.6 Å². The van der Waals surface area contributed by atoms with Crippen LogP contribution in [0.2, 0.25) is 0 Å². The van der Waals surface area contributed by atoms with Gasteiger partial charge in [0.1, 0.15) is 6.10 Å². The van der Waals surface area contributed by atoms with Crippen LogP contribution in [0.3, 0.4) is 0 Å². The first-order chi connectivity index (χ1) is 20.1. The van der Waals surface area contributed by atoms with Crippen LogP contribution >= 0.6 is 31.9 Å². The summed E-state index contributed by atoms with van der Waals surface area (Å²) in [6.45, 7) is 6.57. The second-order valence-electron chi connectivity index (χ2n) is 12.8. The zero-order valence-corrected chi connectivity index (χ0v) is 27.0. The summed E-state index contributed by atoms with van der Waals surface area (Å²) in [5.41, 5.74) is 4.70. The summed E-state index contributed by atoms with van der Waals surface area (Å²) < 4.78 is 4.39. The van der Waals surface area contributed by atoms with Gasteiger partial charge < -0.3 is 4.74 Å². The topological polar surface area (TPSA) is 63.7 Å². The van der Waals surface area contributed by atoms with Crippen molar-refractivity contribution >= 4 is 55.3 Å². The van der Waals surface area contributed by atoms with Crippen LogP contribution < -0.4 is 4.90 Å². The number of rotatable bonds is 4. The molecule has 1 aliphatic heterocycles. The average Bonchev–Trinajstić information content (AvgIpc) is 3.26. The predicted octanol–water partition coefficient (Wildman–Crippen LogP) is 7.71. The third-order valence-electron chi connectivity index (χ3n) is 10.1. The van der Waals surface area contributed by atoms with Gasteiger partial charge in [-0.25, -0.2) is 9.69 Å². The lowest BCUT2D eigenvalue weighted by atomic mass is 9.54. The van der Waals surface area contributed by atoms with E-state index in [9.17, 15) is 14.4 Å². The van der Waals surface area contributed by atoms with Gasteiger partial charge in [-0.3, -0.25) is 9.59 Å². The first kappa shape index (κ1) is 28.0. The van der Waals surface area contributed by atoms with Crippen molar-refractivity contribution in [2.75, 3.05) is 4.90 Å². The van der Waals surface area contributed by atoms with Crippen LogP contribution in [0.5, 0.6) is 0 Å². The van der Waals surface area contributed by atoms with Gasteiger partial charge >= 0.3 is 5.97 Å². The van der Waals surface area contributed by atoms with E-state index >= 15 is 0 Å². The lowest BCUT2D eigenvalue weighted by molar-refractivity contribution is -0.122. The highest BCUT2D eigenvalue weighted by Gasteiger charge is 2.72. The molecular formula is C35H33Br2NO4. The number of hydrogen-bond donors (Lipinski definition) is 0. The first-order valence-corrected chi connectivity index (χ1v) is 16.4. The molecule has 216 valence electrons. The quantitative estimate of drug-likeness (QED) is 0.160. The highest BCUT2D eigenvalue weighted by atomic mass is 79.9. The molecule has 2 amide bonds. The molecule has 0 radical (unpaired) electrons. The summed E-state index contributed by atoms with van der Waals surface area (Å²) in [7, 11) is 0. The largest absolute Gasteiger partial charge is 0.458 e. The predicted molar refractivity (Wildman–Crippen MR) is 169 cm³/mol. The van der Waals surface area contributed by atoms with Crippen molar-refractivity contribution in [1.82, 2.24) is 0 Å². The number of alkyl halides is 2. The van der Waals surface area contributed by atoms with Gasteiger partial charge in [0.15, 0.2) is 0 Å². The number of hydrogen-bond acceptors (Lipinski definition) is 4. The Balaban J connectivity index is 1.26. The van der Waals surface area contributed by atoms with Gasteiger partial charge in [0, 0.05) is 0 Å². The number of benzene rings is 3. The second-order valence-corrected chi connectivity index (χ2v) is 15.3. The van der Waals surface area contributed by atoms with E-state index in [1.165, 1.54) is 4.90 Å². The van der Waals surface area contributed by atoms with E-state index in [4.69, 9.17) is 4.74 Å². The number of amides is 2. The van der Waals surface area contributed by atoms with Gasteiger partial charge in [-0.1, -0.05) is 114 Å². The van der Waals surface area contributed by atoms with E-state index in [0.29, 0.717) is 29.0 Å². The molecule has 7 heteroatoms. The van der Waals surface area contributed by atoms with Gasteiger partial charge in [-0.15, -0.1) is 0 Å². The number of carbonyl (C=O) groups excluding carboxylic acids is 3. The Hall–Kier alpha value is -2.77. The van der Waals surface area contributed by atoms with Gasteiger partial charge in [0.05, 0.1) is 31.7 Å². The van der Waals surface area contributed by atoms with E-state index in [2.05, 4.69) is 52.6 Å². The second kappa shape index (κ2) is 9.88. The maximum Gasteiger partial charge on any atom is 0.338 e. The van der Waals surface area contributed by atoms with E-state index in [1.807, 2.05) is 48.5 Å². The monoisotopic (exact) mass is 689 g/mol. The van der Waals surface area contributed by atoms with Crippen molar-refractivity contribution in [2.24, 2.45) is 29.6 Å². The van der Waals surface area contributed by atoms with Crippen LogP contribution in [-0.2, 0) is 23.0 Å². The fourth-order valence-corrected chi connectivity index (χ4v) is 10.5. The standard InChI is InChI=1S/C35H33Br2NO4/c1-19(2)23-16-15-20(3)17-28(23)42-33(41)21-9-8-10-22(18-21)38-31(39)29-30(32(38)40)35(37)25-12-5-4-11-24(25)34(29,36)26-13-6-7-14-27(26)35/h4-14,18-20,23,28-30H,15-17H2,1-3H3/t20-,23-,28+,29-,30-,34?,35?/m0/s1. The SMILES string of the molecule is CC(C)[C@@H]1CC[C@H](C)C[C@H]1OC(=O)c1cccc(N2C(=O)[C@@H]3[C@@H](C2=O)C2(Br)c4ccccc4C3(Br)c3ccccc32)c1. The zero-order valence-electron chi connectivity index (χ0n) is 23.8. The van der Waals surface area contributed by atoms with Crippen LogP contribution in [-0.4, -0.2) is 23.9 Å². The van der Waals surface area contributed by atoms with Crippen molar-refractivity contribution in [3.05, 3.63) is 101 Å². The lowest BCUT2D eigenvalue weighted by Crippen LogP contribution is -2.56. The van der Waals surface area contributed by atoms with Crippen molar-refractivity contribution in [3.63, 3.8) is 0 Å².